The molecule has 2 rings (SSSR count). The van der Waals surface area contributed by atoms with Gasteiger partial charge in [0.1, 0.15) is 17.4 Å². The lowest BCUT2D eigenvalue weighted by molar-refractivity contribution is 0.412. The van der Waals surface area contributed by atoms with Gasteiger partial charge in [-0.2, -0.15) is 9.97 Å². The predicted octanol–water partition coefficient (Wildman–Crippen LogP) is 2.16. The molecule has 0 fully saturated rings. The Hall–Kier alpha value is -2.02. The number of nitrogens with zero attached hydrogens (tertiary/aromatic N) is 2. The second kappa shape index (κ2) is 5.09. The molecule has 0 atom stereocenters. The van der Waals surface area contributed by atoms with Crippen molar-refractivity contribution in [2.45, 2.75) is 0 Å². The van der Waals surface area contributed by atoms with Gasteiger partial charge in [0.2, 0.25) is 5.95 Å². The molecule has 0 bridgehead atoms. The normalized spacial score (nSPS) is 10.1. The largest absolute Gasteiger partial charge is 0.496 e. The summed E-state index contributed by atoms with van der Waals surface area (Å²) in [5.41, 5.74) is 11.9. The standard InChI is InChI=1S/C11H12BrN5O/c1-18-8-3-2-6(4-7(8)12)15-10-5-9(13)16-11(14)17-10/h2-5H,1H3,(H5,13,14,15,16,17). The summed E-state index contributed by atoms with van der Waals surface area (Å²) in [6, 6.07) is 7.17. The minimum atomic E-state index is 0.130. The van der Waals surface area contributed by atoms with E-state index >= 15 is 0 Å². The SMILES string of the molecule is COc1ccc(Nc2cc(N)nc(N)n2)cc1Br. The van der Waals surface area contributed by atoms with Gasteiger partial charge in [-0.3, -0.25) is 0 Å². The van der Waals surface area contributed by atoms with Crippen LogP contribution in [-0.4, -0.2) is 17.1 Å². The van der Waals surface area contributed by atoms with Gasteiger partial charge < -0.3 is 21.5 Å². The number of nitrogens with two attached hydrogens (primary N) is 2. The van der Waals surface area contributed by atoms with Crippen molar-refractivity contribution in [3.05, 3.63) is 28.7 Å². The minimum absolute atomic E-state index is 0.130. The molecule has 0 aliphatic rings. The van der Waals surface area contributed by atoms with E-state index in [0.717, 1.165) is 15.9 Å². The zero-order valence-electron chi connectivity index (χ0n) is 9.64. The monoisotopic (exact) mass is 309 g/mol. The first-order valence-electron chi connectivity index (χ1n) is 5.09. The maximum atomic E-state index is 5.59. The smallest absolute Gasteiger partial charge is 0.223 e. The minimum Gasteiger partial charge on any atom is -0.496 e. The number of nitrogen functional groups attached to an aromatic ring is 2. The zero-order valence-corrected chi connectivity index (χ0v) is 11.2. The highest BCUT2D eigenvalue weighted by atomic mass is 79.9. The van der Waals surface area contributed by atoms with E-state index in [9.17, 15) is 0 Å². The van der Waals surface area contributed by atoms with Crippen LogP contribution in [0.5, 0.6) is 5.75 Å². The molecule has 0 unspecified atom stereocenters. The maximum Gasteiger partial charge on any atom is 0.223 e. The summed E-state index contributed by atoms with van der Waals surface area (Å²) in [6.45, 7) is 0. The molecule has 0 aliphatic heterocycles. The van der Waals surface area contributed by atoms with Gasteiger partial charge >= 0.3 is 0 Å². The van der Waals surface area contributed by atoms with Crippen LogP contribution in [0.1, 0.15) is 0 Å². The van der Waals surface area contributed by atoms with E-state index in [1.807, 2.05) is 18.2 Å². The number of anilines is 4. The van der Waals surface area contributed by atoms with Crippen LogP contribution in [0.2, 0.25) is 0 Å². The van der Waals surface area contributed by atoms with Crippen LogP contribution in [0.3, 0.4) is 0 Å². The molecule has 0 saturated heterocycles. The highest BCUT2D eigenvalue weighted by Gasteiger charge is 2.04. The van der Waals surface area contributed by atoms with Crippen molar-refractivity contribution in [1.82, 2.24) is 9.97 Å². The van der Waals surface area contributed by atoms with Gasteiger partial charge in [-0.1, -0.05) is 0 Å². The Labute approximate surface area is 113 Å². The molecule has 0 spiro atoms. The molecule has 18 heavy (non-hydrogen) atoms. The summed E-state index contributed by atoms with van der Waals surface area (Å²) >= 11 is 3.40. The van der Waals surface area contributed by atoms with E-state index < -0.39 is 0 Å². The summed E-state index contributed by atoms with van der Waals surface area (Å²) in [6.07, 6.45) is 0. The van der Waals surface area contributed by atoms with E-state index in [1.54, 1.807) is 13.2 Å². The van der Waals surface area contributed by atoms with Gasteiger partial charge in [0.25, 0.3) is 0 Å². The Morgan fingerprint density at radius 1 is 1.22 bits per heavy atom. The number of ether oxygens (including phenoxy) is 1. The summed E-state index contributed by atoms with van der Waals surface area (Å²) in [5, 5.41) is 3.08. The average molecular weight is 310 g/mol. The molecule has 5 N–H and O–H groups in total. The summed E-state index contributed by atoms with van der Waals surface area (Å²) in [5.74, 6) is 1.74. The van der Waals surface area contributed by atoms with Crippen molar-refractivity contribution in [2.75, 3.05) is 23.9 Å². The van der Waals surface area contributed by atoms with E-state index in [1.165, 1.54) is 0 Å². The third-order valence-electron chi connectivity index (χ3n) is 2.19. The van der Waals surface area contributed by atoms with Gasteiger partial charge in [0.15, 0.2) is 0 Å². The lowest BCUT2D eigenvalue weighted by Gasteiger charge is -2.09. The fraction of sp³-hybridized carbons (Fsp3) is 0.0909. The van der Waals surface area contributed by atoms with Gasteiger partial charge in [0, 0.05) is 11.8 Å². The van der Waals surface area contributed by atoms with Crippen molar-refractivity contribution >= 4 is 39.2 Å². The first-order chi connectivity index (χ1) is 8.58. The van der Waals surface area contributed by atoms with Crippen LogP contribution < -0.4 is 21.5 Å². The van der Waals surface area contributed by atoms with E-state index in [4.69, 9.17) is 16.2 Å². The van der Waals surface area contributed by atoms with E-state index in [-0.39, 0.29) is 5.95 Å². The summed E-state index contributed by atoms with van der Waals surface area (Å²) in [4.78, 5) is 7.83. The third-order valence-corrected chi connectivity index (χ3v) is 2.81. The van der Waals surface area contributed by atoms with Crippen LogP contribution in [0.15, 0.2) is 28.7 Å². The first kappa shape index (κ1) is 12.4. The molecule has 2 aromatic rings. The number of hydrogen-bond acceptors (Lipinski definition) is 6. The number of halogens is 1. The quantitative estimate of drug-likeness (QED) is 0.803. The number of aromatic nitrogens is 2. The lowest BCUT2D eigenvalue weighted by atomic mass is 10.3. The van der Waals surface area contributed by atoms with Crippen LogP contribution in [0.4, 0.5) is 23.3 Å². The zero-order chi connectivity index (χ0) is 13.1. The predicted molar refractivity (Wildman–Crippen MR) is 74.8 cm³/mol. The maximum absolute atomic E-state index is 5.59. The van der Waals surface area contributed by atoms with Gasteiger partial charge in [-0.25, -0.2) is 0 Å². The number of nitrogens with one attached hydrogen (secondary N) is 1. The third kappa shape index (κ3) is 2.80. The Bertz CT molecular complexity index is 555. The van der Waals surface area contributed by atoms with Crippen molar-refractivity contribution in [3.63, 3.8) is 0 Å². The van der Waals surface area contributed by atoms with Gasteiger partial charge in [-0.05, 0) is 34.1 Å². The molecule has 94 valence electrons. The molecule has 0 saturated carbocycles. The second-order valence-corrected chi connectivity index (χ2v) is 4.36. The highest BCUT2D eigenvalue weighted by molar-refractivity contribution is 9.10. The Kier molecular flexibility index (Phi) is 3.52. The van der Waals surface area contributed by atoms with Crippen molar-refractivity contribution in [3.8, 4) is 5.75 Å². The van der Waals surface area contributed by atoms with Crippen LogP contribution in [-0.2, 0) is 0 Å². The van der Waals surface area contributed by atoms with Crippen molar-refractivity contribution < 1.29 is 4.74 Å². The number of rotatable bonds is 3. The first-order valence-corrected chi connectivity index (χ1v) is 5.88. The van der Waals surface area contributed by atoms with Crippen LogP contribution in [0, 0.1) is 0 Å². The molecule has 1 heterocycles. The topological polar surface area (TPSA) is 99.1 Å². The molecule has 0 radical (unpaired) electrons. The van der Waals surface area contributed by atoms with E-state index in [2.05, 4.69) is 31.2 Å². The molecule has 0 aliphatic carbocycles. The molecule has 1 aromatic carbocycles. The Morgan fingerprint density at radius 3 is 2.61 bits per heavy atom. The van der Waals surface area contributed by atoms with Crippen molar-refractivity contribution in [2.24, 2.45) is 0 Å². The average Bonchev–Trinajstić information content (AvgIpc) is 2.27. The Morgan fingerprint density at radius 2 is 2.00 bits per heavy atom. The molecule has 7 heteroatoms. The Balaban J connectivity index is 2.25. The number of hydrogen-bond donors (Lipinski definition) is 3. The van der Waals surface area contributed by atoms with E-state index in [0.29, 0.717) is 11.6 Å². The molecule has 1 aromatic heterocycles. The number of methoxy groups -OCH3 is 1. The molecule has 0 amide bonds. The molecule has 6 nitrogen and oxygen atoms in total. The van der Waals surface area contributed by atoms with Gasteiger partial charge in [-0.15, -0.1) is 0 Å². The van der Waals surface area contributed by atoms with Crippen molar-refractivity contribution in [1.29, 1.82) is 0 Å². The fourth-order valence-electron chi connectivity index (χ4n) is 1.44. The highest BCUT2D eigenvalue weighted by Crippen LogP contribution is 2.29. The lowest BCUT2D eigenvalue weighted by Crippen LogP contribution is -2.03. The van der Waals surface area contributed by atoms with Crippen LogP contribution in [0.25, 0.3) is 0 Å². The fourth-order valence-corrected chi connectivity index (χ4v) is 1.98. The molecular weight excluding hydrogens is 298 g/mol. The van der Waals surface area contributed by atoms with Crippen LogP contribution >= 0.6 is 15.9 Å². The summed E-state index contributed by atoms with van der Waals surface area (Å²) < 4.78 is 5.99. The van der Waals surface area contributed by atoms with Gasteiger partial charge in [0.05, 0.1) is 11.6 Å². The molecular formula is C11H12BrN5O. The second-order valence-electron chi connectivity index (χ2n) is 3.51. The number of benzene rings is 1. The summed E-state index contributed by atoms with van der Waals surface area (Å²) in [7, 11) is 1.61.